The quantitative estimate of drug-likeness (QED) is 0.860. The van der Waals surface area contributed by atoms with Gasteiger partial charge in [-0.3, -0.25) is 9.59 Å². The lowest BCUT2D eigenvalue weighted by atomic mass is 9.96. The fraction of sp³-hybridized carbons (Fsp3) is 0.550. The Morgan fingerprint density at radius 1 is 1.00 bits per heavy atom. The van der Waals surface area contributed by atoms with Gasteiger partial charge in [0, 0.05) is 51.4 Å². The molecule has 1 N–H and O–H groups in total. The van der Waals surface area contributed by atoms with Crippen LogP contribution in [0.3, 0.4) is 0 Å². The summed E-state index contributed by atoms with van der Waals surface area (Å²) in [6.45, 7) is 4.92. The molecule has 2 aliphatic heterocycles. The SMILES string of the molecule is CCC(=O)N1CCCC(C(=O)N2CCN(C(=O)Nc3ccc(F)cc3)CC2)C1. The van der Waals surface area contributed by atoms with Crippen LogP contribution in [-0.2, 0) is 9.59 Å². The zero-order valence-electron chi connectivity index (χ0n) is 16.2. The number of piperazine rings is 1. The molecule has 1 aromatic carbocycles. The summed E-state index contributed by atoms with van der Waals surface area (Å²) in [5.41, 5.74) is 0.535. The van der Waals surface area contributed by atoms with Gasteiger partial charge in [-0.05, 0) is 37.1 Å². The predicted octanol–water partition coefficient (Wildman–Crippen LogP) is 2.15. The lowest BCUT2D eigenvalue weighted by Gasteiger charge is -2.39. The van der Waals surface area contributed by atoms with Crippen LogP contribution in [0, 0.1) is 11.7 Å². The summed E-state index contributed by atoms with van der Waals surface area (Å²) < 4.78 is 13.0. The van der Waals surface area contributed by atoms with Crippen molar-refractivity contribution in [2.24, 2.45) is 5.92 Å². The van der Waals surface area contributed by atoms with E-state index in [9.17, 15) is 18.8 Å². The van der Waals surface area contributed by atoms with E-state index < -0.39 is 0 Å². The number of nitrogens with one attached hydrogen (secondary N) is 1. The predicted molar refractivity (Wildman–Crippen MR) is 103 cm³/mol. The second kappa shape index (κ2) is 9.03. The van der Waals surface area contributed by atoms with Crippen molar-refractivity contribution in [3.63, 3.8) is 0 Å². The minimum Gasteiger partial charge on any atom is -0.342 e. The number of nitrogens with zero attached hydrogens (tertiary/aromatic N) is 3. The number of anilines is 1. The third-order valence-electron chi connectivity index (χ3n) is 5.40. The molecule has 0 aliphatic carbocycles. The van der Waals surface area contributed by atoms with Crippen LogP contribution in [0.25, 0.3) is 0 Å². The average molecular weight is 390 g/mol. The number of benzene rings is 1. The average Bonchev–Trinajstić information content (AvgIpc) is 2.74. The Hall–Kier alpha value is -2.64. The van der Waals surface area contributed by atoms with Crippen LogP contribution in [0.5, 0.6) is 0 Å². The van der Waals surface area contributed by atoms with Crippen LogP contribution in [0.2, 0.25) is 0 Å². The van der Waals surface area contributed by atoms with Gasteiger partial charge in [-0.2, -0.15) is 0 Å². The maximum atomic E-state index is 13.0. The normalized spacial score (nSPS) is 20.1. The fourth-order valence-electron chi connectivity index (χ4n) is 3.75. The molecule has 0 saturated carbocycles. The summed E-state index contributed by atoms with van der Waals surface area (Å²) in [6.07, 6.45) is 2.11. The maximum Gasteiger partial charge on any atom is 0.321 e. The van der Waals surface area contributed by atoms with E-state index in [1.165, 1.54) is 24.3 Å². The first kappa shape index (κ1) is 20.1. The highest BCUT2D eigenvalue weighted by Gasteiger charge is 2.32. The molecule has 2 fully saturated rings. The number of urea groups is 1. The van der Waals surface area contributed by atoms with Gasteiger partial charge in [0.1, 0.15) is 5.82 Å². The van der Waals surface area contributed by atoms with Crippen LogP contribution < -0.4 is 5.32 Å². The Kier molecular flexibility index (Phi) is 6.49. The minimum atomic E-state index is -0.355. The molecular formula is C20H27FN4O3. The first-order valence-electron chi connectivity index (χ1n) is 9.86. The van der Waals surface area contributed by atoms with Gasteiger partial charge in [0.2, 0.25) is 11.8 Å². The standard InChI is InChI=1S/C20H27FN4O3/c1-2-18(26)25-9-3-4-15(14-25)19(27)23-10-12-24(13-11-23)20(28)22-17-7-5-16(21)6-8-17/h5-8,15H,2-4,9-14H2,1H3,(H,22,28). The highest BCUT2D eigenvalue weighted by atomic mass is 19.1. The van der Waals surface area contributed by atoms with Gasteiger partial charge in [-0.15, -0.1) is 0 Å². The molecule has 3 rings (SSSR count). The molecular weight excluding hydrogens is 363 g/mol. The van der Waals surface area contributed by atoms with Gasteiger partial charge in [0.15, 0.2) is 0 Å². The van der Waals surface area contributed by atoms with Crippen molar-refractivity contribution in [2.75, 3.05) is 44.6 Å². The molecule has 0 spiro atoms. The number of hydrogen-bond acceptors (Lipinski definition) is 3. The molecule has 152 valence electrons. The van der Waals surface area contributed by atoms with Gasteiger partial charge in [0.05, 0.1) is 5.92 Å². The third-order valence-corrected chi connectivity index (χ3v) is 5.40. The molecule has 8 heteroatoms. The number of amides is 4. The Labute approximate surface area is 164 Å². The van der Waals surface area contributed by atoms with Crippen molar-refractivity contribution in [1.29, 1.82) is 0 Å². The molecule has 4 amide bonds. The summed E-state index contributed by atoms with van der Waals surface area (Å²) in [5, 5.41) is 2.74. The molecule has 0 radical (unpaired) electrons. The van der Waals surface area contributed by atoms with Crippen LogP contribution in [0.4, 0.5) is 14.9 Å². The summed E-state index contributed by atoms with van der Waals surface area (Å²) in [7, 11) is 0. The Balaban J connectivity index is 1.49. The largest absolute Gasteiger partial charge is 0.342 e. The molecule has 1 aromatic rings. The van der Waals surface area contributed by atoms with Gasteiger partial charge < -0.3 is 20.0 Å². The van der Waals surface area contributed by atoms with E-state index in [4.69, 9.17) is 0 Å². The van der Waals surface area contributed by atoms with Gasteiger partial charge >= 0.3 is 6.03 Å². The minimum absolute atomic E-state index is 0.0761. The molecule has 0 bridgehead atoms. The monoisotopic (exact) mass is 390 g/mol. The Morgan fingerprint density at radius 2 is 1.64 bits per heavy atom. The summed E-state index contributed by atoms with van der Waals surface area (Å²) >= 11 is 0. The van der Waals surface area contributed by atoms with E-state index in [0.29, 0.717) is 44.8 Å². The van der Waals surface area contributed by atoms with E-state index in [1.54, 1.807) is 14.7 Å². The summed E-state index contributed by atoms with van der Waals surface area (Å²) in [4.78, 5) is 42.4. The molecule has 0 aromatic heterocycles. The maximum absolute atomic E-state index is 13.0. The zero-order chi connectivity index (χ0) is 20.1. The number of likely N-dealkylation sites (tertiary alicyclic amines) is 1. The molecule has 1 atom stereocenters. The number of halogens is 1. The molecule has 1 unspecified atom stereocenters. The highest BCUT2D eigenvalue weighted by Crippen LogP contribution is 2.20. The Morgan fingerprint density at radius 3 is 2.29 bits per heavy atom. The number of piperidine rings is 1. The second-order valence-electron chi connectivity index (χ2n) is 7.28. The highest BCUT2D eigenvalue weighted by molar-refractivity contribution is 5.89. The van der Waals surface area contributed by atoms with Crippen LogP contribution >= 0.6 is 0 Å². The Bertz CT molecular complexity index is 717. The van der Waals surface area contributed by atoms with E-state index in [-0.39, 0.29) is 29.6 Å². The summed E-state index contributed by atoms with van der Waals surface area (Å²) in [6, 6.07) is 5.36. The number of rotatable bonds is 3. The fourth-order valence-corrected chi connectivity index (χ4v) is 3.75. The van der Waals surface area contributed by atoms with E-state index >= 15 is 0 Å². The molecule has 2 aliphatic rings. The first-order chi connectivity index (χ1) is 13.5. The third kappa shape index (κ3) is 4.79. The lowest BCUT2D eigenvalue weighted by Crippen LogP contribution is -2.54. The zero-order valence-corrected chi connectivity index (χ0v) is 16.2. The van der Waals surface area contributed by atoms with E-state index in [0.717, 1.165) is 19.4 Å². The van der Waals surface area contributed by atoms with Crippen LogP contribution in [0.1, 0.15) is 26.2 Å². The van der Waals surface area contributed by atoms with Crippen molar-refractivity contribution in [2.45, 2.75) is 26.2 Å². The van der Waals surface area contributed by atoms with Crippen molar-refractivity contribution in [3.8, 4) is 0 Å². The molecule has 2 heterocycles. The topological polar surface area (TPSA) is 73.0 Å². The van der Waals surface area contributed by atoms with Crippen molar-refractivity contribution >= 4 is 23.5 Å². The van der Waals surface area contributed by atoms with Crippen molar-refractivity contribution in [3.05, 3.63) is 30.1 Å². The van der Waals surface area contributed by atoms with E-state index in [2.05, 4.69) is 5.32 Å². The molecule has 7 nitrogen and oxygen atoms in total. The number of hydrogen-bond donors (Lipinski definition) is 1. The number of carbonyl (C=O) groups excluding carboxylic acids is 3. The first-order valence-corrected chi connectivity index (χ1v) is 9.86. The van der Waals surface area contributed by atoms with Crippen molar-refractivity contribution in [1.82, 2.24) is 14.7 Å². The smallest absolute Gasteiger partial charge is 0.321 e. The molecule has 2 saturated heterocycles. The van der Waals surface area contributed by atoms with Gasteiger partial charge in [0.25, 0.3) is 0 Å². The second-order valence-corrected chi connectivity index (χ2v) is 7.28. The lowest BCUT2D eigenvalue weighted by molar-refractivity contribution is -0.141. The molecule has 28 heavy (non-hydrogen) atoms. The van der Waals surface area contributed by atoms with E-state index in [1.807, 2.05) is 6.92 Å². The van der Waals surface area contributed by atoms with Gasteiger partial charge in [-0.25, -0.2) is 9.18 Å². The van der Waals surface area contributed by atoms with Gasteiger partial charge in [-0.1, -0.05) is 6.92 Å². The summed E-state index contributed by atoms with van der Waals surface area (Å²) in [5.74, 6) is -0.331. The number of carbonyl (C=O) groups is 3. The van der Waals surface area contributed by atoms with Crippen LogP contribution in [-0.4, -0.2) is 71.8 Å². The van der Waals surface area contributed by atoms with Crippen molar-refractivity contribution < 1.29 is 18.8 Å². The van der Waals surface area contributed by atoms with Crippen LogP contribution in [0.15, 0.2) is 24.3 Å².